The first-order chi connectivity index (χ1) is 15.8. The maximum Gasteiger partial charge on any atom is 0.341 e. The predicted octanol–water partition coefficient (Wildman–Crippen LogP) is 5.74. The molecule has 1 aromatic heterocycles. The molecule has 33 heavy (non-hydrogen) atoms. The van der Waals surface area contributed by atoms with Crippen molar-refractivity contribution in [1.82, 2.24) is 0 Å². The lowest BCUT2D eigenvalue weighted by Crippen LogP contribution is -2.36. The maximum absolute atomic E-state index is 13.2. The van der Waals surface area contributed by atoms with Crippen molar-refractivity contribution in [2.24, 2.45) is 11.8 Å². The molecule has 1 aliphatic carbocycles. The van der Waals surface area contributed by atoms with E-state index in [0.717, 1.165) is 27.5 Å². The summed E-state index contributed by atoms with van der Waals surface area (Å²) in [6.45, 7) is 3.84. The van der Waals surface area contributed by atoms with E-state index in [1.807, 2.05) is 61.7 Å². The molecular formula is C26H25NO5S. The van der Waals surface area contributed by atoms with Crippen LogP contribution in [0.25, 0.3) is 21.9 Å². The first-order valence-electron chi connectivity index (χ1n) is 10.7. The van der Waals surface area contributed by atoms with Gasteiger partial charge in [-0.15, -0.1) is 11.3 Å². The number of benzene rings is 2. The lowest BCUT2D eigenvalue weighted by Gasteiger charge is -2.29. The number of hydrogen-bond donors (Lipinski definition) is 2. The van der Waals surface area contributed by atoms with Crippen LogP contribution in [0.3, 0.4) is 0 Å². The molecule has 1 heterocycles. The Labute approximate surface area is 195 Å². The molecule has 6 nitrogen and oxygen atoms in total. The van der Waals surface area contributed by atoms with Crippen molar-refractivity contribution in [1.29, 1.82) is 0 Å². The molecule has 2 aromatic carbocycles. The smallest absolute Gasteiger partial charge is 0.341 e. The molecule has 3 aromatic rings. The third-order valence-electron chi connectivity index (χ3n) is 6.42. The number of allylic oxidation sites excluding steroid dienone is 2. The molecule has 0 bridgehead atoms. The number of carboxylic acids is 1. The standard InChI is InChI=1S/C26H25NO5S/c1-14-11-19(20(25(29)30)12-15(14)2)23(28)27-24-22(26(31)32-3)21(13-33-24)18-10-6-8-16-7-4-5-9-17(16)18/h4-10,13,19-20H,11-12H2,1-3H3,(H,27,28)(H,29,30)/t19-,20-/m1/s1. The van der Waals surface area contributed by atoms with E-state index in [0.29, 0.717) is 23.4 Å². The highest BCUT2D eigenvalue weighted by molar-refractivity contribution is 7.15. The summed E-state index contributed by atoms with van der Waals surface area (Å²) in [4.78, 5) is 37.8. The minimum atomic E-state index is -0.988. The lowest BCUT2D eigenvalue weighted by atomic mass is 9.76. The summed E-state index contributed by atoms with van der Waals surface area (Å²) in [5, 5.41) is 16.7. The Morgan fingerprint density at radius 1 is 0.970 bits per heavy atom. The molecular weight excluding hydrogens is 438 g/mol. The van der Waals surface area contributed by atoms with Crippen LogP contribution in [0.1, 0.15) is 37.0 Å². The van der Waals surface area contributed by atoms with E-state index in [9.17, 15) is 19.5 Å². The number of hydrogen-bond acceptors (Lipinski definition) is 5. The number of carbonyl (C=O) groups is 3. The molecule has 0 saturated heterocycles. The third-order valence-corrected chi connectivity index (χ3v) is 7.31. The number of ether oxygens (including phenoxy) is 1. The van der Waals surface area contributed by atoms with Crippen LogP contribution < -0.4 is 5.32 Å². The average molecular weight is 464 g/mol. The van der Waals surface area contributed by atoms with Crippen molar-refractivity contribution in [2.45, 2.75) is 26.7 Å². The van der Waals surface area contributed by atoms with Gasteiger partial charge in [-0.25, -0.2) is 4.79 Å². The first kappa shape index (κ1) is 22.7. The molecule has 1 aliphatic rings. The van der Waals surface area contributed by atoms with Crippen molar-refractivity contribution >= 4 is 45.0 Å². The van der Waals surface area contributed by atoms with E-state index in [4.69, 9.17) is 4.74 Å². The lowest BCUT2D eigenvalue weighted by molar-refractivity contribution is -0.146. The van der Waals surface area contributed by atoms with E-state index in [1.165, 1.54) is 18.4 Å². The van der Waals surface area contributed by atoms with E-state index in [-0.39, 0.29) is 5.56 Å². The molecule has 0 saturated carbocycles. The highest BCUT2D eigenvalue weighted by Gasteiger charge is 2.38. The van der Waals surface area contributed by atoms with Crippen LogP contribution in [0.4, 0.5) is 5.00 Å². The van der Waals surface area contributed by atoms with Gasteiger partial charge >= 0.3 is 11.9 Å². The summed E-state index contributed by atoms with van der Waals surface area (Å²) >= 11 is 1.23. The Morgan fingerprint density at radius 3 is 2.33 bits per heavy atom. The number of methoxy groups -OCH3 is 1. The van der Waals surface area contributed by atoms with Gasteiger partial charge in [-0.2, -0.15) is 0 Å². The zero-order chi connectivity index (χ0) is 23.7. The van der Waals surface area contributed by atoms with Gasteiger partial charge in [-0.05, 0) is 43.0 Å². The predicted molar refractivity (Wildman–Crippen MR) is 129 cm³/mol. The van der Waals surface area contributed by atoms with E-state index < -0.39 is 29.7 Å². The Kier molecular flexibility index (Phi) is 6.33. The molecule has 4 rings (SSSR count). The molecule has 0 fully saturated rings. The van der Waals surface area contributed by atoms with Gasteiger partial charge in [0.15, 0.2) is 0 Å². The van der Waals surface area contributed by atoms with Gasteiger partial charge in [-0.3, -0.25) is 9.59 Å². The fourth-order valence-electron chi connectivity index (χ4n) is 4.45. The van der Waals surface area contributed by atoms with Crippen molar-refractivity contribution in [3.63, 3.8) is 0 Å². The molecule has 0 aliphatic heterocycles. The van der Waals surface area contributed by atoms with Crippen molar-refractivity contribution in [3.05, 3.63) is 64.6 Å². The maximum atomic E-state index is 13.2. The van der Waals surface area contributed by atoms with Crippen LogP contribution in [0.5, 0.6) is 0 Å². The second-order valence-corrected chi connectivity index (χ2v) is 9.26. The zero-order valence-corrected chi connectivity index (χ0v) is 19.5. The SMILES string of the molecule is COC(=O)c1c(-c2cccc3ccccc23)csc1NC(=O)[C@@H]1CC(C)=C(C)C[C@H]1C(=O)O. The summed E-state index contributed by atoms with van der Waals surface area (Å²) in [7, 11) is 1.30. The number of carboxylic acid groups (broad SMARTS) is 1. The van der Waals surface area contributed by atoms with Gasteiger partial charge in [0.25, 0.3) is 0 Å². The first-order valence-corrected chi connectivity index (χ1v) is 11.6. The van der Waals surface area contributed by atoms with Gasteiger partial charge in [0.2, 0.25) is 5.91 Å². The topological polar surface area (TPSA) is 92.7 Å². The number of anilines is 1. The molecule has 0 unspecified atom stereocenters. The zero-order valence-electron chi connectivity index (χ0n) is 18.7. The number of esters is 1. The largest absolute Gasteiger partial charge is 0.481 e. The number of aliphatic carboxylic acids is 1. The number of carbonyl (C=O) groups excluding carboxylic acids is 2. The summed E-state index contributed by atoms with van der Waals surface area (Å²) in [5.74, 6) is -3.45. The monoisotopic (exact) mass is 463 g/mol. The van der Waals surface area contributed by atoms with Gasteiger partial charge in [0.1, 0.15) is 10.6 Å². The Hall–Kier alpha value is -3.45. The quantitative estimate of drug-likeness (QED) is 0.372. The molecule has 1 amide bonds. The molecule has 2 atom stereocenters. The van der Waals surface area contributed by atoms with Crippen LogP contribution in [-0.4, -0.2) is 30.1 Å². The number of nitrogens with one attached hydrogen (secondary N) is 1. The average Bonchev–Trinajstić information content (AvgIpc) is 3.22. The summed E-state index contributed by atoms with van der Waals surface area (Å²) in [6.07, 6.45) is 0.721. The summed E-state index contributed by atoms with van der Waals surface area (Å²) < 4.78 is 5.04. The number of thiophene rings is 1. The van der Waals surface area contributed by atoms with Crippen molar-refractivity contribution < 1.29 is 24.2 Å². The van der Waals surface area contributed by atoms with Gasteiger partial charge in [-0.1, -0.05) is 53.6 Å². The molecule has 2 N–H and O–H groups in total. The van der Waals surface area contributed by atoms with Gasteiger partial charge in [0, 0.05) is 10.9 Å². The fourth-order valence-corrected chi connectivity index (χ4v) is 5.40. The Balaban J connectivity index is 1.74. The number of amides is 1. The minimum Gasteiger partial charge on any atom is -0.481 e. The summed E-state index contributed by atoms with van der Waals surface area (Å²) in [6, 6.07) is 13.7. The second kappa shape index (κ2) is 9.19. The van der Waals surface area contributed by atoms with Crippen LogP contribution in [0, 0.1) is 11.8 Å². The minimum absolute atomic E-state index is 0.276. The van der Waals surface area contributed by atoms with Crippen LogP contribution in [0.2, 0.25) is 0 Å². The van der Waals surface area contributed by atoms with Gasteiger partial charge < -0.3 is 15.2 Å². The van der Waals surface area contributed by atoms with Gasteiger partial charge in [0.05, 0.1) is 18.9 Å². The second-order valence-electron chi connectivity index (χ2n) is 8.38. The molecule has 170 valence electrons. The van der Waals surface area contributed by atoms with E-state index >= 15 is 0 Å². The van der Waals surface area contributed by atoms with Crippen LogP contribution >= 0.6 is 11.3 Å². The van der Waals surface area contributed by atoms with Crippen molar-refractivity contribution in [2.75, 3.05) is 12.4 Å². The Bertz CT molecular complexity index is 1280. The van der Waals surface area contributed by atoms with Crippen LogP contribution in [0.15, 0.2) is 59.0 Å². The summed E-state index contributed by atoms with van der Waals surface area (Å²) in [5.41, 5.74) is 3.85. The molecule has 0 spiro atoms. The van der Waals surface area contributed by atoms with Crippen LogP contribution in [-0.2, 0) is 14.3 Å². The fraction of sp³-hybridized carbons (Fsp3) is 0.269. The van der Waals surface area contributed by atoms with E-state index in [1.54, 1.807) is 0 Å². The molecule has 0 radical (unpaired) electrons. The van der Waals surface area contributed by atoms with Crippen molar-refractivity contribution in [3.8, 4) is 11.1 Å². The molecule has 7 heteroatoms. The normalized spacial score (nSPS) is 18.3. The Morgan fingerprint density at radius 2 is 1.64 bits per heavy atom. The highest BCUT2D eigenvalue weighted by atomic mass is 32.1. The number of fused-ring (bicyclic) bond motifs is 1. The third kappa shape index (κ3) is 4.28. The van der Waals surface area contributed by atoms with E-state index in [2.05, 4.69) is 5.32 Å². The highest BCUT2D eigenvalue weighted by Crippen LogP contribution is 2.41. The number of rotatable bonds is 5.